The highest BCUT2D eigenvalue weighted by Crippen LogP contribution is 2.42. The summed E-state index contributed by atoms with van der Waals surface area (Å²) in [5, 5.41) is 7.03. The number of carbonyl (C=O) groups is 1. The van der Waals surface area contributed by atoms with Crippen LogP contribution in [0.3, 0.4) is 0 Å². The second-order valence-electron chi connectivity index (χ2n) is 9.84. The lowest BCUT2D eigenvalue weighted by molar-refractivity contribution is -0.118. The number of ether oxygens (including phenoxy) is 1. The van der Waals surface area contributed by atoms with Gasteiger partial charge in [-0.25, -0.2) is 0 Å². The second-order valence-corrected chi connectivity index (χ2v) is 10.2. The molecule has 2 aromatic heterocycles. The average Bonchev–Trinajstić information content (AvgIpc) is 3.62. The molecule has 3 aromatic carbocycles. The van der Waals surface area contributed by atoms with Gasteiger partial charge in [0.15, 0.2) is 11.7 Å². The Morgan fingerprint density at radius 2 is 1.73 bits per heavy atom. The van der Waals surface area contributed by atoms with Gasteiger partial charge in [-0.2, -0.15) is 0 Å². The smallest absolute Gasteiger partial charge is 0.262 e. The van der Waals surface area contributed by atoms with E-state index in [1.54, 1.807) is 6.20 Å². The van der Waals surface area contributed by atoms with E-state index in [0.29, 0.717) is 16.5 Å². The summed E-state index contributed by atoms with van der Waals surface area (Å²) in [4.78, 5) is 19.3. The van der Waals surface area contributed by atoms with Crippen molar-refractivity contribution in [3.05, 3.63) is 139 Å². The van der Waals surface area contributed by atoms with Crippen molar-refractivity contribution in [1.29, 1.82) is 0 Å². The third-order valence-corrected chi connectivity index (χ3v) is 7.32. The first-order chi connectivity index (χ1) is 20.1. The van der Waals surface area contributed by atoms with Crippen molar-refractivity contribution in [2.24, 2.45) is 0 Å². The second kappa shape index (κ2) is 11.7. The number of anilines is 2. The van der Waals surface area contributed by atoms with Crippen molar-refractivity contribution in [1.82, 2.24) is 14.9 Å². The third-order valence-electron chi connectivity index (χ3n) is 7.00. The van der Waals surface area contributed by atoms with Crippen molar-refractivity contribution < 1.29 is 9.53 Å². The van der Waals surface area contributed by atoms with Crippen LogP contribution in [0.2, 0.25) is 0 Å². The topological polar surface area (TPSA) is 71.4 Å². The van der Waals surface area contributed by atoms with Gasteiger partial charge in [0.1, 0.15) is 11.8 Å². The van der Waals surface area contributed by atoms with Gasteiger partial charge in [0, 0.05) is 35.1 Å². The molecule has 2 N–H and O–H groups in total. The molecule has 6 rings (SSSR count). The van der Waals surface area contributed by atoms with Crippen LogP contribution < -0.4 is 20.3 Å². The van der Waals surface area contributed by atoms with Crippen LogP contribution in [0.1, 0.15) is 29.0 Å². The number of pyridine rings is 1. The molecule has 1 aliphatic rings. The third kappa shape index (κ3) is 5.69. The fourth-order valence-corrected chi connectivity index (χ4v) is 5.50. The standard InChI is InChI=1S/C33H29N5O2S/c1-23-9-7-10-26(21-23)37-20-8-14-29(37)32-31(28-13-5-6-19-34-28)36-33(41)38(32)25-17-15-24(16-18-25)35-30(39)22-40-27-11-3-2-4-12-27/h2-21,31-32H,22H2,1H3,(H,35,39)(H,36,41)/t31-,32-/m1/s1. The highest BCUT2D eigenvalue weighted by Gasteiger charge is 2.42. The van der Waals surface area contributed by atoms with Crippen LogP contribution in [-0.4, -0.2) is 27.2 Å². The van der Waals surface area contributed by atoms with Crippen LogP contribution in [0.25, 0.3) is 5.69 Å². The van der Waals surface area contributed by atoms with Gasteiger partial charge in [-0.05, 0) is 97.5 Å². The lowest BCUT2D eigenvalue weighted by Gasteiger charge is -2.29. The van der Waals surface area contributed by atoms with Gasteiger partial charge in [0.2, 0.25) is 0 Å². The molecule has 0 spiro atoms. The minimum Gasteiger partial charge on any atom is -0.484 e. The number of para-hydroxylation sites is 1. The Morgan fingerprint density at radius 3 is 2.49 bits per heavy atom. The first-order valence-electron chi connectivity index (χ1n) is 13.4. The monoisotopic (exact) mass is 559 g/mol. The Kier molecular flexibility index (Phi) is 7.47. The summed E-state index contributed by atoms with van der Waals surface area (Å²) >= 11 is 5.91. The number of amides is 1. The summed E-state index contributed by atoms with van der Waals surface area (Å²) in [7, 11) is 0. The average molecular weight is 560 g/mol. The highest BCUT2D eigenvalue weighted by atomic mass is 32.1. The van der Waals surface area contributed by atoms with E-state index >= 15 is 0 Å². The molecule has 1 aliphatic heterocycles. The molecule has 41 heavy (non-hydrogen) atoms. The molecule has 7 nitrogen and oxygen atoms in total. The molecule has 204 valence electrons. The van der Waals surface area contributed by atoms with E-state index in [2.05, 4.69) is 74.6 Å². The summed E-state index contributed by atoms with van der Waals surface area (Å²) in [6, 6.07) is 35.2. The number of aromatic nitrogens is 2. The summed E-state index contributed by atoms with van der Waals surface area (Å²) < 4.78 is 7.78. The molecular formula is C33H29N5O2S. The van der Waals surface area contributed by atoms with Crippen molar-refractivity contribution >= 4 is 34.6 Å². The Balaban J connectivity index is 1.29. The molecule has 8 heteroatoms. The van der Waals surface area contributed by atoms with Crippen molar-refractivity contribution in [2.75, 3.05) is 16.8 Å². The number of aryl methyl sites for hydroxylation is 1. The molecule has 2 atom stereocenters. The van der Waals surface area contributed by atoms with E-state index in [1.807, 2.05) is 72.8 Å². The molecule has 0 unspecified atom stereocenters. The Labute approximate surface area is 244 Å². The van der Waals surface area contributed by atoms with Gasteiger partial charge in [-0.1, -0.05) is 36.4 Å². The molecule has 0 aliphatic carbocycles. The minimum absolute atomic E-state index is 0.0737. The molecule has 1 saturated heterocycles. The molecule has 0 bridgehead atoms. The van der Waals surface area contributed by atoms with Gasteiger partial charge in [-0.15, -0.1) is 0 Å². The Bertz CT molecular complexity index is 1650. The maximum absolute atomic E-state index is 12.5. The summed E-state index contributed by atoms with van der Waals surface area (Å²) in [6.07, 6.45) is 3.88. The number of nitrogens with one attached hydrogen (secondary N) is 2. The molecule has 0 radical (unpaired) electrons. The fourth-order valence-electron chi connectivity index (χ4n) is 5.15. The van der Waals surface area contributed by atoms with Crippen LogP contribution in [0.15, 0.2) is 122 Å². The van der Waals surface area contributed by atoms with Gasteiger partial charge in [0.05, 0.1) is 11.7 Å². The maximum atomic E-state index is 12.5. The lowest BCUT2D eigenvalue weighted by atomic mass is 10.0. The van der Waals surface area contributed by atoms with E-state index in [4.69, 9.17) is 17.0 Å². The number of rotatable bonds is 8. The van der Waals surface area contributed by atoms with Gasteiger partial charge in [0.25, 0.3) is 5.91 Å². The summed E-state index contributed by atoms with van der Waals surface area (Å²) in [6.45, 7) is 2.02. The first kappa shape index (κ1) is 26.3. The minimum atomic E-state index is -0.232. The normalized spacial score (nSPS) is 16.3. The lowest BCUT2D eigenvalue weighted by Crippen LogP contribution is -2.30. The largest absolute Gasteiger partial charge is 0.484 e. The predicted octanol–water partition coefficient (Wildman–Crippen LogP) is 6.38. The number of thiocarbonyl (C=S) groups is 1. The SMILES string of the molecule is Cc1cccc(-n2cccc2[C@@H]2[C@@H](c3ccccn3)NC(=S)N2c2ccc(NC(=O)COc3ccccc3)cc2)c1. The number of hydrogen-bond acceptors (Lipinski definition) is 4. The van der Waals surface area contributed by atoms with Crippen LogP contribution in [-0.2, 0) is 4.79 Å². The van der Waals surface area contributed by atoms with Crippen LogP contribution in [0.5, 0.6) is 5.75 Å². The predicted molar refractivity (Wildman–Crippen MR) is 165 cm³/mol. The van der Waals surface area contributed by atoms with Crippen molar-refractivity contribution in [3.8, 4) is 11.4 Å². The maximum Gasteiger partial charge on any atom is 0.262 e. The molecule has 1 fully saturated rings. The summed E-state index contributed by atoms with van der Waals surface area (Å²) in [5.41, 5.74) is 5.83. The number of hydrogen-bond donors (Lipinski definition) is 2. The molecule has 3 heterocycles. The zero-order chi connectivity index (χ0) is 28.2. The van der Waals surface area contributed by atoms with Crippen LogP contribution in [0.4, 0.5) is 11.4 Å². The van der Waals surface area contributed by atoms with E-state index in [1.165, 1.54) is 5.56 Å². The molecule has 1 amide bonds. The van der Waals surface area contributed by atoms with Gasteiger partial charge >= 0.3 is 0 Å². The molecular weight excluding hydrogens is 530 g/mol. The zero-order valence-electron chi connectivity index (χ0n) is 22.5. The Morgan fingerprint density at radius 1 is 0.927 bits per heavy atom. The van der Waals surface area contributed by atoms with E-state index in [9.17, 15) is 4.79 Å². The van der Waals surface area contributed by atoms with E-state index in [0.717, 1.165) is 22.8 Å². The quantitative estimate of drug-likeness (QED) is 0.215. The van der Waals surface area contributed by atoms with Crippen molar-refractivity contribution in [3.63, 3.8) is 0 Å². The summed E-state index contributed by atoms with van der Waals surface area (Å²) in [5.74, 6) is 0.418. The van der Waals surface area contributed by atoms with Gasteiger partial charge in [-0.3, -0.25) is 9.78 Å². The van der Waals surface area contributed by atoms with Gasteiger partial charge < -0.3 is 24.8 Å². The van der Waals surface area contributed by atoms with Crippen LogP contribution in [0, 0.1) is 6.92 Å². The number of nitrogens with zero attached hydrogens (tertiary/aromatic N) is 3. The fraction of sp³-hybridized carbons (Fsp3) is 0.121. The van der Waals surface area contributed by atoms with E-state index < -0.39 is 0 Å². The molecule has 5 aromatic rings. The van der Waals surface area contributed by atoms with Crippen LogP contribution >= 0.6 is 12.2 Å². The number of benzene rings is 3. The zero-order valence-corrected chi connectivity index (χ0v) is 23.3. The Hall–Kier alpha value is -4.95. The first-order valence-corrected chi connectivity index (χ1v) is 13.8. The van der Waals surface area contributed by atoms with Crippen molar-refractivity contribution in [2.45, 2.75) is 19.0 Å². The highest BCUT2D eigenvalue weighted by molar-refractivity contribution is 7.80. The number of carbonyl (C=O) groups excluding carboxylic acids is 1. The molecule has 0 saturated carbocycles. The van der Waals surface area contributed by atoms with E-state index in [-0.39, 0.29) is 24.6 Å².